The standard InChI is InChI=1S/C19H14BrNO.C19H14ClNO.2C19H13F2NO.8ClH.4Ti/c2*20-16-11-15(13-21-17-9-5-2-6-10-17)19(22)18(12-16)14-7-3-1-4-8-14;20-16-10-5-11-17(21)18(16)15-9-4-6-13(19(15)23)12-22-14-7-2-1-3-8-14;20-15-9-14(10-16(21)11-15)18-8-4-5-13(19(18)23)12-22-17-6-2-1-3-7-17;;;;;;;;;;;;/h2*1-13,22H;2*1-12,23H;8*1H;;;;/q;;;;;;;;;;;;4*+2/p-8. The average Bonchev–Trinajstić information content (AvgIpc) is 0.830. The monoisotopic (exact) mass is 1750 g/mol. The van der Waals surface area contributed by atoms with Gasteiger partial charge in [0, 0.05) is 84.9 Å². The Morgan fingerprint density at radius 2 is 0.588 bits per heavy atom. The van der Waals surface area contributed by atoms with Crippen LogP contribution in [0.15, 0.2) is 303 Å². The summed E-state index contributed by atoms with van der Waals surface area (Å²) in [5.74, 6) is -2.71. The molecular weight excluding hydrogens is 1700 g/mol. The first-order chi connectivity index (χ1) is 49.4. The summed E-state index contributed by atoms with van der Waals surface area (Å²) >= 11 is 7.46. The van der Waals surface area contributed by atoms with Gasteiger partial charge < -0.3 is 20.4 Å². The number of aromatic hydroxyl groups is 4. The van der Waals surface area contributed by atoms with E-state index < -0.39 is 91.4 Å². The predicted octanol–water partition coefficient (Wildman–Crippen LogP) is 26.7. The van der Waals surface area contributed by atoms with Crippen LogP contribution in [0.3, 0.4) is 0 Å². The Hall–Kier alpha value is -5.81. The molecule has 0 atom stereocenters. The molecule has 12 aromatic carbocycles. The van der Waals surface area contributed by atoms with Crippen molar-refractivity contribution in [3.8, 4) is 67.5 Å². The Labute approximate surface area is 669 Å². The van der Waals surface area contributed by atoms with Crippen molar-refractivity contribution < 1.29 is 106 Å². The summed E-state index contributed by atoms with van der Waals surface area (Å²) in [7, 11) is 39.1. The van der Waals surface area contributed by atoms with Gasteiger partial charge in [-0.25, -0.2) is 17.6 Å². The number of hydrogen-bond acceptors (Lipinski definition) is 8. The third kappa shape index (κ3) is 30.3. The van der Waals surface area contributed by atoms with E-state index in [-0.39, 0.29) is 39.7 Å². The minimum atomic E-state index is -0.725. The normalized spacial score (nSPS) is 10.3. The topological polar surface area (TPSA) is 130 Å². The van der Waals surface area contributed by atoms with Gasteiger partial charge in [-0.15, -0.1) is 0 Å². The molecule has 0 aliphatic rings. The molecule has 0 spiro atoms. The summed E-state index contributed by atoms with van der Waals surface area (Å²) in [6, 6.07) is 80.8. The van der Waals surface area contributed by atoms with Crippen LogP contribution >= 0.6 is 102 Å². The van der Waals surface area contributed by atoms with Gasteiger partial charge in [-0.3, -0.25) is 20.0 Å². The molecule has 0 unspecified atom stereocenters. The van der Waals surface area contributed by atoms with E-state index in [4.69, 9.17) is 86.0 Å². The van der Waals surface area contributed by atoms with E-state index in [0.717, 1.165) is 62.1 Å². The first-order valence-corrected chi connectivity index (χ1v) is 47.7. The van der Waals surface area contributed by atoms with E-state index in [0.29, 0.717) is 38.4 Å². The van der Waals surface area contributed by atoms with E-state index in [9.17, 15) is 38.0 Å². The zero-order chi connectivity index (χ0) is 74.0. The molecule has 102 heavy (non-hydrogen) atoms. The molecule has 516 valence electrons. The van der Waals surface area contributed by atoms with Crippen molar-refractivity contribution in [1.82, 2.24) is 0 Å². The van der Waals surface area contributed by atoms with Crippen LogP contribution in [0, 0.1) is 23.3 Å². The number of phenols is 4. The molecule has 26 heteroatoms. The van der Waals surface area contributed by atoms with Gasteiger partial charge in [0.05, 0.1) is 28.3 Å². The molecule has 8 nitrogen and oxygen atoms in total. The van der Waals surface area contributed by atoms with Gasteiger partial charge in [-0.1, -0.05) is 191 Å². The van der Waals surface area contributed by atoms with Crippen molar-refractivity contribution in [2.75, 3.05) is 0 Å². The Balaban J connectivity index is 0.000000232. The van der Waals surface area contributed by atoms with Crippen LogP contribution < -0.4 is 0 Å². The van der Waals surface area contributed by atoms with E-state index in [1.807, 2.05) is 194 Å². The van der Waals surface area contributed by atoms with Crippen LogP contribution in [0.1, 0.15) is 22.3 Å². The molecular formula is C76H54BrCl9F4N4O4Ti4. The minimum absolute atomic E-state index is 0.0721. The molecule has 0 aliphatic carbocycles. The molecule has 0 aliphatic heterocycles. The molecule has 0 radical (unpaired) electrons. The zero-order valence-electron chi connectivity index (χ0n) is 52.7. The number of phenolic OH excluding ortho intramolecular Hbond substituents is 4. The average molecular weight is 1750 g/mol. The molecule has 12 rings (SSSR count). The number of para-hydroxylation sites is 6. The van der Waals surface area contributed by atoms with Gasteiger partial charge in [0.25, 0.3) is 0 Å². The fraction of sp³-hybridized carbons (Fsp3) is 0. The number of rotatable bonds is 12. The molecule has 0 saturated carbocycles. The maximum absolute atomic E-state index is 13.9. The van der Waals surface area contributed by atoms with Gasteiger partial charge in [-0.05, 0) is 126 Å². The summed E-state index contributed by atoms with van der Waals surface area (Å²) < 4.78 is 55.5. The third-order valence-electron chi connectivity index (χ3n) is 13.4. The molecule has 0 amide bonds. The summed E-state index contributed by atoms with van der Waals surface area (Å²) in [6.07, 6.45) is 6.29. The van der Waals surface area contributed by atoms with Gasteiger partial charge in [0.1, 0.15) is 46.3 Å². The van der Waals surface area contributed by atoms with Crippen molar-refractivity contribution in [3.63, 3.8) is 0 Å². The predicted molar refractivity (Wildman–Crippen MR) is 408 cm³/mol. The van der Waals surface area contributed by atoms with Crippen molar-refractivity contribution in [2.24, 2.45) is 20.0 Å². The van der Waals surface area contributed by atoms with Gasteiger partial charge >= 0.3 is 143 Å². The van der Waals surface area contributed by atoms with Crippen molar-refractivity contribution in [1.29, 1.82) is 0 Å². The Kier molecular flexibility index (Phi) is 42.4. The number of aliphatic imine (C=N–C) groups is 4. The van der Waals surface area contributed by atoms with Gasteiger partial charge in [-0.2, -0.15) is 0 Å². The van der Waals surface area contributed by atoms with Crippen LogP contribution in [-0.2, 0) is 68.1 Å². The summed E-state index contributed by atoms with van der Waals surface area (Å²) in [5.41, 5.74) is 9.08. The fourth-order valence-corrected chi connectivity index (χ4v) is 9.68. The van der Waals surface area contributed by atoms with Crippen LogP contribution in [0.2, 0.25) is 5.02 Å². The van der Waals surface area contributed by atoms with E-state index in [2.05, 4.69) is 35.9 Å². The number of hydrogen-bond donors (Lipinski definition) is 4. The van der Waals surface area contributed by atoms with Crippen LogP contribution in [0.5, 0.6) is 23.0 Å². The van der Waals surface area contributed by atoms with Crippen molar-refractivity contribution >= 4 is 150 Å². The number of nitrogens with zero attached hydrogens (tertiary/aromatic N) is 4. The molecule has 0 fully saturated rings. The summed E-state index contributed by atoms with van der Waals surface area (Å²) in [5, 5.41) is 42.3. The Morgan fingerprint density at radius 1 is 0.294 bits per heavy atom. The number of benzene rings is 12. The third-order valence-corrected chi connectivity index (χ3v) is 14.0. The second kappa shape index (κ2) is 49.8. The first kappa shape index (κ1) is 86.8. The van der Waals surface area contributed by atoms with Crippen molar-refractivity contribution in [3.05, 3.63) is 334 Å². The summed E-state index contributed by atoms with van der Waals surface area (Å²) in [4.78, 5) is 17.3. The van der Waals surface area contributed by atoms with Crippen LogP contribution in [0.4, 0.5) is 40.3 Å². The Morgan fingerprint density at radius 3 is 0.961 bits per heavy atom. The maximum atomic E-state index is 13.9. The quantitative estimate of drug-likeness (QED) is 0.0551. The van der Waals surface area contributed by atoms with Crippen LogP contribution in [0.25, 0.3) is 44.5 Å². The van der Waals surface area contributed by atoms with Gasteiger partial charge in [0.15, 0.2) is 0 Å². The summed E-state index contributed by atoms with van der Waals surface area (Å²) in [6.45, 7) is 0. The molecule has 4 N–H and O–H groups in total. The fourth-order valence-electron chi connectivity index (χ4n) is 8.98. The zero-order valence-corrected chi connectivity index (χ0v) is 67.4. The van der Waals surface area contributed by atoms with E-state index in [1.54, 1.807) is 54.9 Å². The molecule has 0 bridgehead atoms. The number of halogens is 14. The molecule has 0 heterocycles. The van der Waals surface area contributed by atoms with Gasteiger partial charge in [0.2, 0.25) is 0 Å². The SMILES string of the molecule is Oc1c(C=Nc2ccccc2)cc(Br)cc1-c1ccccc1.Oc1c(C=Nc2ccccc2)cc(Cl)cc1-c1ccccc1.Oc1c(C=Nc2ccccc2)cccc1-c1c(F)cccc1F.Oc1c(C=Nc2ccccc2)cccc1-c1cc(F)cc(F)c1.[Cl][Ti][Cl].[Cl][Ti][Cl].[Cl][Ti][Cl].[Cl][Ti][Cl]. The molecule has 12 aromatic rings. The van der Waals surface area contributed by atoms with Crippen LogP contribution in [-0.4, -0.2) is 45.3 Å². The second-order valence-electron chi connectivity index (χ2n) is 19.9. The molecule has 0 aromatic heterocycles. The van der Waals surface area contributed by atoms with E-state index in [1.165, 1.54) is 36.7 Å². The molecule has 0 saturated heterocycles. The van der Waals surface area contributed by atoms with Crippen molar-refractivity contribution in [2.45, 2.75) is 0 Å². The Bertz CT molecular complexity index is 4420. The van der Waals surface area contributed by atoms with E-state index >= 15 is 0 Å². The first-order valence-electron chi connectivity index (χ1n) is 29.4. The second-order valence-corrected chi connectivity index (χ2v) is 31.6.